The van der Waals surface area contributed by atoms with Crippen LogP contribution in [0.4, 0.5) is 11.6 Å². The minimum atomic E-state index is -0.340. The normalized spacial score (nSPS) is 15.1. The maximum Gasteiger partial charge on any atom is 0.263 e. The third kappa shape index (κ3) is 4.52. The van der Waals surface area contributed by atoms with Gasteiger partial charge in [-0.3, -0.25) is 4.79 Å². The highest BCUT2D eigenvalue weighted by Gasteiger charge is 2.28. The van der Waals surface area contributed by atoms with Crippen LogP contribution in [-0.2, 0) is 4.79 Å². The fourth-order valence-corrected chi connectivity index (χ4v) is 3.60. The zero-order valence-electron chi connectivity index (χ0n) is 17.4. The second kappa shape index (κ2) is 9.18. The molecule has 4 rings (SSSR count). The monoisotopic (exact) mass is 426 g/mol. The molecular formula is C24H22N6O2. The number of nitrogens with one attached hydrogen (secondary N) is 1. The Morgan fingerprint density at radius 3 is 2.59 bits per heavy atom. The molecule has 32 heavy (non-hydrogen) atoms. The predicted octanol–water partition coefficient (Wildman–Crippen LogP) is 3.61. The fraction of sp³-hybridized carbons (Fsp3) is 0.167. The van der Waals surface area contributed by atoms with Gasteiger partial charge >= 0.3 is 0 Å². The Hall–Kier alpha value is -4.38. The van der Waals surface area contributed by atoms with Crippen LogP contribution in [0.3, 0.4) is 0 Å². The third-order valence-corrected chi connectivity index (χ3v) is 5.21. The Bertz CT molecular complexity index is 1170. The lowest BCUT2D eigenvalue weighted by molar-refractivity contribution is -0.125. The van der Waals surface area contributed by atoms with E-state index in [4.69, 9.17) is 15.7 Å². The second-order valence-corrected chi connectivity index (χ2v) is 7.39. The summed E-state index contributed by atoms with van der Waals surface area (Å²) in [4.78, 5) is 22.3. The number of hydrogen-bond acceptors (Lipinski definition) is 7. The van der Waals surface area contributed by atoms with Gasteiger partial charge in [0.1, 0.15) is 41.1 Å². The number of carbonyl (C=O) groups excluding carboxylic acids is 1. The van der Waals surface area contributed by atoms with Gasteiger partial charge in [0.25, 0.3) is 5.91 Å². The number of amides is 1. The molecule has 1 aromatic heterocycles. The van der Waals surface area contributed by atoms with Gasteiger partial charge in [0, 0.05) is 19.1 Å². The van der Waals surface area contributed by atoms with Crippen LogP contribution in [-0.4, -0.2) is 39.9 Å². The number of nitrogens with zero attached hydrogens (tertiary/aromatic N) is 4. The van der Waals surface area contributed by atoms with Gasteiger partial charge in [0.05, 0.1) is 5.56 Å². The van der Waals surface area contributed by atoms with E-state index in [9.17, 15) is 4.79 Å². The van der Waals surface area contributed by atoms with E-state index in [0.717, 1.165) is 17.7 Å². The van der Waals surface area contributed by atoms with Crippen molar-refractivity contribution in [2.75, 3.05) is 24.1 Å². The van der Waals surface area contributed by atoms with Gasteiger partial charge in [-0.2, -0.15) is 5.26 Å². The number of anilines is 2. The van der Waals surface area contributed by atoms with Crippen molar-refractivity contribution >= 4 is 17.5 Å². The Kier molecular flexibility index (Phi) is 5.99. The number of benzene rings is 2. The number of para-hydroxylation sites is 1. The molecule has 0 saturated carbocycles. The Labute approximate surface area is 186 Å². The van der Waals surface area contributed by atoms with Gasteiger partial charge in [-0.25, -0.2) is 9.97 Å². The molecule has 0 aliphatic carbocycles. The highest BCUT2D eigenvalue weighted by Crippen LogP contribution is 2.33. The van der Waals surface area contributed by atoms with Gasteiger partial charge in [0.15, 0.2) is 0 Å². The average molecular weight is 426 g/mol. The Morgan fingerprint density at radius 2 is 1.88 bits per heavy atom. The number of likely N-dealkylation sites (tertiary alicyclic amines) is 1. The van der Waals surface area contributed by atoms with Crippen LogP contribution in [0.15, 0.2) is 73.1 Å². The van der Waals surface area contributed by atoms with Crippen molar-refractivity contribution in [1.82, 2.24) is 14.9 Å². The molecule has 0 spiro atoms. The molecule has 3 N–H and O–H groups in total. The van der Waals surface area contributed by atoms with Crippen molar-refractivity contribution in [3.63, 3.8) is 0 Å². The Morgan fingerprint density at radius 1 is 1.16 bits per heavy atom. The fourth-order valence-electron chi connectivity index (χ4n) is 3.60. The van der Waals surface area contributed by atoms with Gasteiger partial charge in [-0.15, -0.1) is 0 Å². The summed E-state index contributed by atoms with van der Waals surface area (Å²) in [7, 11) is 0. The van der Waals surface area contributed by atoms with Crippen molar-refractivity contribution in [2.45, 2.75) is 12.5 Å². The highest BCUT2D eigenvalue weighted by atomic mass is 16.5. The van der Waals surface area contributed by atoms with Crippen molar-refractivity contribution in [3.05, 3.63) is 73.1 Å². The number of carbonyl (C=O) groups is 1. The molecule has 3 aromatic rings. The zero-order valence-corrected chi connectivity index (χ0v) is 17.4. The molecule has 2 heterocycles. The Balaban J connectivity index is 1.51. The molecule has 8 nitrogen and oxygen atoms in total. The lowest BCUT2D eigenvalue weighted by Crippen LogP contribution is -2.32. The largest absolute Gasteiger partial charge is 0.457 e. The van der Waals surface area contributed by atoms with Crippen molar-refractivity contribution in [3.8, 4) is 28.7 Å². The predicted molar refractivity (Wildman–Crippen MR) is 122 cm³/mol. The van der Waals surface area contributed by atoms with E-state index in [0.29, 0.717) is 36.0 Å². The molecule has 160 valence electrons. The van der Waals surface area contributed by atoms with Gasteiger partial charge in [0.2, 0.25) is 0 Å². The van der Waals surface area contributed by atoms with Gasteiger partial charge in [-0.1, -0.05) is 36.9 Å². The summed E-state index contributed by atoms with van der Waals surface area (Å²) in [6.07, 6.45) is 2.13. The summed E-state index contributed by atoms with van der Waals surface area (Å²) in [6.45, 7) is 4.50. The van der Waals surface area contributed by atoms with Crippen LogP contribution in [0.25, 0.3) is 11.1 Å². The molecule has 1 unspecified atom stereocenters. The number of nitrogen functional groups attached to an aromatic ring is 1. The summed E-state index contributed by atoms with van der Waals surface area (Å²) in [5, 5.41) is 12.3. The first kappa shape index (κ1) is 20.9. The summed E-state index contributed by atoms with van der Waals surface area (Å²) < 4.78 is 5.85. The van der Waals surface area contributed by atoms with E-state index < -0.39 is 0 Å². The smallest absolute Gasteiger partial charge is 0.263 e. The molecule has 0 radical (unpaired) electrons. The summed E-state index contributed by atoms with van der Waals surface area (Å²) in [5.41, 5.74) is 7.66. The molecule has 1 atom stereocenters. The molecule has 0 bridgehead atoms. The summed E-state index contributed by atoms with van der Waals surface area (Å²) >= 11 is 0. The topological polar surface area (TPSA) is 117 Å². The van der Waals surface area contributed by atoms with Crippen molar-refractivity contribution in [1.29, 1.82) is 5.26 Å². The molecule has 1 aliphatic heterocycles. The molecule has 1 aliphatic rings. The SMILES string of the molecule is C=C(C#N)C(=O)N1CCC(Nc2ncnc(N)c2-c2ccc(Oc3ccccc3)cc2)C1. The van der Waals surface area contributed by atoms with Crippen LogP contribution in [0.2, 0.25) is 0 Å². The van der Waals surface area contributed by atoms with E-state index in [-0.39, 0.29) is 17.5 Å². The van der Waals surface area contributed by atoms with E-state index in [2.05, 4.69) is 21.9 Å². The molecule has 8 heteroatoms. The molecule has 1 saturated heterocycles. The maximum atomic E-state index is 12.2. The van der Waals surface area contributed by atoms with Gasteiger partial charge in [-0.05, 0) is 36.2 Å². The second-order valence-electron chi connectivity index (χ2n) is 7.39. The van der Waals surface area contributed by atoms with Crippen LogP contribution < -0.4 is 15.8 Å². The number of nitrogens with two attached hydrogens (primary N) is 1. The van der Waals surface area contributed by atoms with E-state index in [1.54, 1.807) is 4.90 Å². The minimum Gasteiger partial charge on any atom is -0.457 e. The van der Waals surface area contributed by atoms with E-state index in [1.165, 1.54) is 6.33 Å². The van der Waals surface area contributed by atoms with Crippen LogP contribution >= 0.6 is 0 Å². The first-order valence-electron chi connectivity index (χ1n) is 10.1. The summed E-state index contributed by atoms with van der Waals surface area (Å²) in [5.74, 6) is 2.06. The molecular weight excluding hydrogens is 404 g/mol. The van der Waals surface area contributed by atoms with Crippen LogP contribution in [0, 0.1) is 11.3 Å². The van der Waals surface area contributed by atoms with Crippen LogP contribution in [0.1, 0.15) is 6.42 Å². The van der Waals surface area contributed by atoms with E-state index in [1.807, 2.05) is 60.7 Å². The molecule has 1 fully saturated rings. The minimum absolute atomic E-state index is 0.0285. The lowest BCUT2D eigenvalue weighted by atomic mass is 10.1. The van der Waals surface area contributed by atoms with Crippen molar-refractivity contribution < 1.29 is 9.53 Å². The number of hydrogen-bond donors (Lipinski definition) is 2. The molecule has 2 aromatic carbocycles. The highest BCUT2D eigenvalue weighted by molar-refractivity contribution is 5.96. The zero-order chi connectivity index (χ0) is 22.5. The molecule has 1 amide bonds. The number of ether oxygens (including phenoxy) is 1. The van der Waals surface area contributed by atoms with Gasteiger partial charge < -0.3 is 20.7 Å². The third-order valence-electron chi connectivity index (χ3n) is 5.21. The number of nitriles is 1. The lowest BCUT2D eigenvalue weighted by Gasteiger charge is -2.19. The van der Waals surface area contributed by atoms with Crippen LogP contribution in [0.5, 0.6) is 11.5 Å². The standard InChI is InChI=1S/C24H22N6O2/c1-16(13-25)24(31)30-12-11-18(14-30)29-23-21(22(26)27-15-28-23)17-7-9-20(10-8-17)32-19-5-3-2-4-6-19/h2-10,15,18H,1,11-12,14H2,(H3,26,27,28,29). The average Bonchev–Trinajstić information content (AvgIpc) is 3.28. The van der Waals surface area contributed by atoms with Crippen molar-refractivity contribution in [2.24, 2.45) is 0 Å². The van der Waals surface area contributed by atoms with E-state index >= 15 is 0 Å². The quantitative estimate of drug-likeness (QED) is 0.457. The maximum absolute atomic E-state index is 12.2. The summed E-state index contributed by atoms with van der Waals surface area (Å²) in [6, 6.07) is 18.9. The number of aromatic nitrogens is 2. The number of rotatable bonds is 6. The first-order valence-corrected chi connectivity index (χ1v) is 10.1. The first-order chi connectivity index (χ1) is 15.5.